The minimum atomic E-state index is 1.18. The summed E-state index contributed by atoms with van der Waals surface area (Å²) < 4.78 is 4.88. The van der Waals surface area contributed by atoms with Crippen molar-refractivity contribution in [3.63, 3.8) is 0 Å². The van der Waals surface area contributed by atoms with Crippen LogP contribution in [0.15, 0.2) is 194 Å². The predicted octanol–water partition coefficient (Wildman–Crippen LogP) is 13.5. The van der Waals surface area contributed by atoms with Gasteiger partial charge in [0, 0.05) is 32.5 Å². The fourth-order valence-electron chi connectivity index (χ4n) is 8.50. The summed E-state index contributed by atoms with van der Waals surface area (Å²) in [6.07, 6.45) is 0. The van der Waals surface area contributed by atoms with E-state index < -0.39 is 0 Å². The summed E-state index contributed by atoms with van der Waals surface area (Å²) in [7, 11) is 0. The highest BCUT2D eigenvalue weighted by Crippen LogP contribution is 2.40. The van der Waals surface area contributed by atoms with Crippen LogP contribution in [0.2, 0.25) is 0 Å². The zero-order valence-corrected chi connectivity index (χ0v) is 28.4. The van der Waals surface area contributed by atoms with Crippen molar-refractivity contribution in [2.45, 2.75) is 0 Å². The number of benzene rings is 9. The summed E-state index contributed by atoms with van der Waals surface area (Å²) in [4.78, 5) is 0. The van der Waals surface area contributed by atoms with Gasteiger partial charge in [-0.3, -0.25) is 0 Å². The quantitative estimate of drug-likeness (QED) is 0.178. The smallest absolute Gasteiger partial charge is 0.0541 e. The third kappa shape index (κ3) is 4.31. The molecular formula is C50H32N2. The van der Waals surface area contributed by atoms with E-state index in [4.69, 9.17) is 0 Å². The molecular weight excluding hydrogens is 629 g/mol. The second kappa shape index (κ2) is 11.3. The first-order chi connectivity index (χ1) is 25.8. The van der Waals surface area contributed by atoms with Gasteiger partial charge in [-0.2, -0.15) is 0 Å². The van der Waals surface area contributed by atoms with E-state index in [0.29, 0.717) is 0 Å². The van der Waals surface area contributed by atoms with Gasteiger partial charge < -0.3 is 9.13 Å². The van der Waals surface area contributed by atoms with Gasteiger partial charge in [0.25, 0.3) is 0 Å². The zero-order valence-electron chi connectivity index (χ0n) is 28.4. The Labute approximate surface area is 301 Å². The molecule has 0 saturated heterocycles. The molecule has 0 spiro atoms. The van der Waals surface area contributed by atoms with Gasteiger partial charge in [-0.1, -0.05) is 140 Å². The summed E-state index contributed by atoms with van der Waals surface area (Å²) >= 11 is 0. The first-order valence-corrected chi connectivity index (χ1v) is 17.9. The molecule has 0 atom stereocenters. The lowest BCUT2D eigenvalue weighted by Crippen LogP contribution is -1.97. The molecule has 0 unspecified atom stereocenters. The molecule has 0 bridgehead atoms. The molecule has 52 heavy (non-hydrogen) atoms. The van der Waals surface area contributed by atoms with Gasteiger partial charge in [-0.25, -0.2) is 0 Å². The van der Waals surface area contributed by atoms with Crippen LogP contribution in [0.1, 0.15) is 0 Å². The summed E-state index contributed by atoms with van der Waals surface area (Å²) in [6.45, 7) is 0. The molecule has 11 aromatic rings. The molecule has 0 N–H and O–H groups in total. The van der Waals surface area contributed by atoms with Gasteiger partial charge in [0.2, 0.25) is 0 Å². The van der Waals surface area contributed by atoms with Crippen LogP contribution >= 0.6 is 0 Å². The van der Waals surface area contributed by atoms with E-state index in [-0.39, 0.29) is 0 Å². The summed E-state index contributed by atoms with van der Waals surface area (Å²) in [6, 6.07) is 71.0. The molecule has 0 amide bonds. The maximum atomic E-state index is 2.44. The van der Waals surface area contributed by atoms with Crippen molar-refractivity contribution in [1.29, 1.82) is 0 Å². The highest BCUT2D eigenvalue weighted by Gasteiger charge is 2.18. The largest absolute Gasteiger partial charge is 0.309 e. The van der Waals surface area contributed by atoms with Gasteiger partial charge in [0.15, 0.2) is 0 Å². The monoisotopic (exact) mass is 660 g/mol. The van der Waals surface area contributed by atoms with Crippen LogP contribution in [0.4, 0.5) is 0 Å². The number of fused-ring (bicyclic) bond motifs is 8. The van der Waals surface area contributed by atoms with E-state index >= 15 is 0 Å². The molecule has 242 valence electrons. The van der Waals surface area contributed by atoms with Gasteiger partial charge in [0.1, 0.15) is 0 Å². The van der Waals surface area contributed by atoms with Crippen molar-refractivity contribution in [2.24, 2.45) is 0 Å². The zero-order chi connectivity index (χ0) is 34.2. The molecule has 2 heteroatoms. The molecule has 11 rings (SSSR count). The molecule has 2 heterocycles. The highest BCUT2D eigenvalue weighted by molar-refractivity contribution is 6.13. The molecule has 0 fully saturated rings. The maximum absolute atomic E-state index is 2.44. The Morgan fingerprint density at radius 2 is 0.731 bits per heavy atom. The minimum Gasteiger partial charge on any atom is -0.309 e. The predicted molar refractivity (Wildman–Crippen MR) is 221 cm³/mol. The van der Waals surface area contributed by atoms with Gasteiger partial charge >= 0.3 is 0 Å². The topological polar surface area (TPSA) is 9.86 Å². The van der Waals surface area contributed by atoms with Crippen LogP contribution in [0.5, 0.6) is 0 Å². The minimum absolute atomic E-state index is 1.18. The van der Waals surface area contributed by atoms with Crippen molar-refractivity contribution < 1.29 is 0 Å². The molecule has 2 nitrogen and oxygen atoms in total. The number of nitrogens with zero attached hydrogens (tertiary/aromatic N) is 2. The first-order valence-electron chi connectivity index (χ1n) is 17.9. The molecule has 0 aliphatic rings. The third-order valence-corrected chi connectivity index (χ3v) is 10.9. The Morgan fingerprint density at radius 1 is 0.250 bits per heavy atom. The van der Waals surface area contributed by atoms with Crippen LogP contribution in [0.3, 0.4) is 0 Å². The normalized spacial score (nSPS) is 11.8. The van der Waals surface area contributed by atoms with E-state index in [1.54, 1.807) is 0 Å². The average molecular weight is 661 g/mol. The lowest BCUT2D eigenvalue weighted by atomic mass is 9.99. The van der Waals surface area contributed by atoms with E-state index in [9.17, 15) is 0 Å². The summed E-state index contributed by atoms with van der Waals surface area (Å²) in [5.41, 5.74) is 12.1. The van der Waals surface area contributed by atoms with Gasteiger partial charge in [-0.15, -0.1) is 0 Å². The number of rotatable bonds is 4. The van der Waals surface area contributed by atoms with Crippen LogP contribution in [0, 0.1) is 0 Å². The van der Waals surface area contributed by atoms with Gasteiger partial charge in [-0.05, 0) is 87.4 Å². The molecule has 0 aliphatic carbocycles. The Hall–Kier alpha value is -6.90. The van der Waals surface area contributed by atoms with E-state index in [1.807, 2.05) is 0 Å². The number of hydrogen-bond acceptors (Lipinski definition) is 0. The molecule has 0 aliphatic heterocycles. The Morgan fingerprint density at radius 3 is 1.44 bits per heavy atom. The lowest BCUT2D eigenvalue weighted by molar-refractivity contribution is 1.18. The van der Waals surface area contributed by atoms with Crippen LogP contribution < -0.4 is 0 Å². The van der Waals surface area contributed by atoms with Gasteiger partial charge in [0.05, 0.1) is 33.4 Å². The Balaban J connectivity index is 1.10. The van der Waals surface area contributed by atoms with Crippen LogP contribution in [-0.4, -0.2) is 9.13 Å². The maximum Gasteiger partial charge on any atom is 0.0541 e. The van der Waals surface area contributed by atoms with E-state index in [1.165, 1.54) is 98.8 Å². The van der Waals surface area contributed by atoms with E-state index in [2.05, 4.69) is 203 Å². The Kier molecular flexibility index (Phi) is 6.28. The van der Waals surface area contributed by atoms with Crippen LogP contribution in [0.25, 0.3) is 98.8 Å². The fraction of sp³-hybridized carbons (Fsp3) is 0. The molecule has 9 aromatic carbocycles. The third-order valence-electron chi connectivity index (χ3n) is 10.9. The van der Waals surface area contributed by atoms with Crippen molar-refractivity contribution in [1.82, 2.24) is 9.13 Å². The van der Waals surface area contributed by atoms with Crippen molar-refractivity contribution in [3.8, 4) is 33.6 Å². The van der Waals surface area contributed by atoms with Crippen molar-refractivity contribution in [3.05, 3.63) is 194 Å². The standard InChI is InChI=1S/C50H32N2/c1-2-14-35-30-38(25-24-33(35)12-1)40-17-5-8-20-45(40)51-47-21-9-6-18-41(47)43-31-36(26-28-49(43)51)37-27-29-50-44(32-37)42-19-7-10-22-48(42)52(50)46-23-11-15-34-13-3-4-16-39(34)46/h1-32H. The lowest BCUT2D eigenvalue weighted by Gasteiger charge is -2.15. The number of para-hydroxylation sites is 3. The number of aromatic nitrogens is 2. The molecule has 0 radical (unpaired) electrons. The average Bonchev–Trinajstić information content (AvgIpc) is 3.72. The second-order valence-electron chi connectivity index (χ2n) is 13.7. The SMILES string of the molecule is c1ccc(-n2c3ccccc3c3cc(-c4ccc5c(c4)c4ccccc4n5-c4cccc5ccccc45)ccc32)c(-c2ccc3ccccc3c2)c1. The fourth-order valence-corrected chi connectivity index (χ4v) is 8.50. The van der Waals surface area contributed by atoms with E-state index in [0.717, 1.165) is 0 Å². The molecule has 2 aromatic heterocycles. The van der Waals surface area contributed by atoms with Crippen molar-refractivity contribution >= 4 is 65.2 Å². The summed E-state index contributed by atoms with van der Waals surface area (Å²) in [5.74, 6) is 0. The summed E-state index contributed by atoms with van der Waals surface area (Å²) in [5, 5.41) is 10.0. The highest BCUT2D eigenvalue weighted by atomic mass is 15.0. The second-order valence-corrected chi connectivity index (χ2v) is 13.7. The van der Waals surface area contributed by atoms with Crippen LogP contribution in [-0.2, 0) is 0 Å². The van der Waals surface area contributed by atoms with Crippen molar-refractivity contribution in [2.75, 3.05) is 0 Å². The Bertz CT molecular complexity index is 3190. The number of hydrogen-bond donors (Lipinski definition) is 0. The molecule has 0 saturated carbocycles. The first kappa shape index (κ1) is 28.9.